The van der Waals surface area contributed by atoms with Gasteiger partial charge in [-0.3, -0.25) is 0 Å². The summed E-state index contributed by atoms with van der Waals surface area (Å²) >= 11 is 0. The number of anilines is 1. The summed E-state index contributed by atoms with van der Waals surface area (Å²) in [5, 5.41) is 0. The summed E-state index contributed by atoms with van der Waals surface area (Å²) in [6, 6.07) is 16.9. The van der Waals surface area contributed by atoms with Crippen molar-refractivity contribution in [1.82, 2.24) is 0 Å². The van der Waals surface area contributed by atoms with Crippen LogP contribution in [0.3, 0.4) is 0 Å². The molecular formula is C25H35NO3. The summed E-state index contributed by atoms with van der Waals surface area (Å²) in [6.07, 6.45) is 1.30. The van der Waals surface area contributed by atoms with Crippen molar-refractivity contribution in [3.05, 3.63) is 54.1 Å². The van der Waals surface area contributed by atoms with Crippen molar-refractivity contribution >= 4 is 5.69 Å². The second-order valence-electron chi connectivity index (χ2n) is 9.31. The molecule has 0 spiro atoms. The fourth-order valence-electron chi connectivity index (χ4n) is 3.46. The third kappa shape index (κ3) is 5.89. The lowest BCUT2D eigenvalue weighted by Crippen LogP contribution is -2.30. The van der Waals surface area contributed by atoms with E-state index >= 15 is 0 Å². The number of benzene rings is 2. The second kappa shape index (κ2) is 9.08. The highest BCUT2D eigenvalue weighted by Crippen LogP contribution is 2.37. The molecule has 0 amide bonds. The Balaban J connectivity index is 1.75. The van der Waals surface area contributed by atoms with E-state index in [2.05, 4.69) is 64.8 Å². The summed E-state index contributed by atoms with van der Waals surface area (Å²) in [5.41, 5.74) is 2.38. The number of fused-ring (bicyclic) bond motifs is 1. The minimum absolute atomic E-state index is 0.0151. The number of para-hydroxylation sites is 1. The number of hydrogen-bond acceptors (Lipinski definition) is 4. The van der Waals surface area contributed by atoms with Gasteiger partial charge in [-0.05, 0) is 49.6 Å². The van der Waals surface area contributed by atoms with Crippen molar-refractivity contribution in [1.29, 1.82) is 0 Å². The van der Waals surface area contributed by atoms with E-state index in [1.807, 2.05) is 30.3 Å². The Morgan fingerprint density at radius 3 is 2.41 bits per heavy atom. The minimum atomic E-state index is -0.320. The Bertz CT molecular complexity index is 779. The van der Waals surface area contributed by atoms with Gasteiger partial charge in [0.25, 0.3) is 0 Å². The van der Waals surface area contributed by atoms with Crippen molar-refractivity contribution in [2.45, 2.75) is 65.9 Å². The standard InChI is InChI=1S/C25H35NO3/c1-18(2)26(6)19-11-13-20(14-12-19)28-24(17-25(3,4)5)29-23-15-16-27-22-10-8-7-9-21(22)23/h7-14,18,23-24H,15-17H2,1-6H3. The fourth-order valence-corrected chi connectivity index (χ4v) is 3.46. The zero-order valence-electron chi connectivity index (χ0n) is 18.6. The quantitative estimate of drug-likeness (QED) is 0.520. The van der Waals surface area contributed by atoms with Gasteiger partial charge in [-0.1, -0.05) is 39.0 Å². The molecule has 3 rings (SSSR count). The normalized spacial score (nSPS) is 17.4. The maximum Gasteiger partial charge on any atom is 0.200 e. The Morgan fingerprint density at radius 2 is 1.76 bits per heavy atom. The van der Waals surface area contributed by atoms with Gasteiger partial charge < -0.3 is 19.1 Å². The van der Waals surface area contributed by atoms with Crippen LogP contribution in [-0.4, -0.2) is 26.0 Å². The van der Waals surface area contributed by atoms with E-state index in [1.165, 1.54) is 5.69 Å². The predicted octanol–water partition coefficient (Wildman–Crippen LogP) is 6.21. The van der Waals surface area contributed by atoms with E-state index in [1.54, 1.807) is 0 Å². The average molecular weight is 398 g/mol. The molecule has 0 saturated heterocycles. The van der Waals surface area contributed by atoms with Crippen LogP contribution >= 0.6 is 0 Å². The molecule has 1 aliphatic rings. The molecule has 1 heterocycles. The van der Waals surface area contributed by atoms with Crippen LogP contribution in [-0.2, 0) is 4.74 Å². The average Bonchev–Trinajstić information content (AvgIpc) is 2.67. The van der Waals surface area contributed by atoms with E-state index in [9.17, 15) is 0 Å². The highest BCUT2D eigenvalue weighted by Gasteiger charge is 2.28. The van der Waals surface area contributed by atoms with Crippen molar-refractivity contribution in [3.63, 3.8) is 0 Å². The molecule has 29 heavy (non-hydrogen) atoms. The van der Waals surface area contributed by atoms with Gasteiger partial charge in [0.2, 0.25) is 6.29 Å². The van der Waals surface area contributed by atoms with E-state index in [0.717, 1.165) is 29.9 Å². The first-order valence-electron chi connectivity index (χ1n) is 10.6. The SMILES string of the molecule is CC(C)N(C)c1ccc(OC(CC(C)(C)C)OC2CCOc3ccccc32)cc1. The molecule has 0 fully saturated rings. The van der Waals surface area contributed by atoms with Gasteiger partial charge in [0, 0.05) is 37.2 Å². The van der Waals surface area contributed by atoms with Crippen LogP contribution in [0.25, 0.3) is 0 Å². The molecule has 0 bridgehead atoms. The largest absolute Gasteiger partial charge is 0.493 e. The van der Waals surface area contributed by atoms with Gasteiger partial charge in [-0.2, -0.15) is 0 Å². The van der Waals surface area contributed by atoms with Crippen LogP contribution in [0, 0.1) is 5.41 Å². The highest BCUT2D eigenvalue weighted by molar-refractivity contribution is 5.49. The number of rotatable bonds is 7. The summed E-state index contributed by atoms with van der Waals surface area (Å²) in [5.74, 6) is 1.75. The zero-order valence-corrected chi connectivity index (χ0v) is 18.6. The van der Waals surface area contributed by atoms with Crippen molar-refractivity contribution in [3.8, 4) is 11.5 Å². The van der Waals surface area contributed by atoms with Gasteiger partial charge in [0.05, 0.1) is 12.7 Å². The molecule has 2 aromatic rings. The molecule has 0 aliphatic carbocycles. The second-order valence-corrected chi connectivity index (χ2v) is 9.31. The van der Waals surface area contributed by atoms with Crippen LogP contribution < -0.4 is 14.4 Å². The lowest BCUT2D eigenvalue weighted by Gasteiger charge is -2.33. The topological polar surface area (TPSA) is 30.9 Å². The van der Waals surface area contributed by atoms with E-state index in [4.69, 9.17) is 14.2 Å². The Morgan fingerprint density at radius 1 is 1.07 bits per heavy atom. The van der Waals surface area contributed by atoms with Gasteiger partial charge in [0.15, 0.2) is 0 Å². The van der Waals surface area contributed by atoms with E-state index in [-0.39, 0.29) is 17.8 Å². The molecule has 0 radical (unpaired) electrons. The molecule has 0 aromatic heterocycles. The Labute approximate surface area is 175 Å². The molecule has 4 heteroatoms. The predicted molar refractivity (Wildman–Crippen MR) is 119 cm³/mol. The van der Waals surface area contributed by atoms with Gasteiger partial charge >= 0.3 is 0 Å². The summed E-state index contributed by atoms with van der Waals surface area (Å²) in [6.45, 7) is 11.7. The van der Waals surface area contributed by atoms with Crippen molar-refractivity contribution in [2.75, 3.05) is 18.6 Å². The fraction of sp³-hybridized carbons (Fsp3) is 0.520. The molecule has 0 saturated carbocycles. The van der Waals surface area contributed by atoms with Crippen molar-refractivity contribution < 1.29 is 14.2 Å². The number of nitrogens with zero attached hydrogens (tertiary/aromatic N) is 1. The highest BCUT2D eigenvalue weighted by atomic mass is 16.7. The van der Waals surface area contributed by atoms with Gasteiger partial charge in [-0.25, -0.2) is 0 Å². The van der Waals surface area contributed by atoms with Crippen molar-refractivity contribution in [2.24, 2.45) is 5.41 Å². The summed E-state index contributed by atoms with van der Waals surface area (Å²) in [4.78, 5) is 2.24. The zero-order chi connectivity index (χ0) is 21.0. The van der Waals surface area contributed by atoms with Crippen LogP contribution in [0.5, 0.6) is 11.5 Å². The first kappa shape index (κ1) is 21.5. The molecule has 1 aliphatic heterocycles. The lowest BCUT2D eigenvalue weighted by atomic mass is 9.92. The molecule has 2 unspecified atom stereocenters. The van der Waals surface area contributed by atoms with Gasteiger partial charge in [-0.15, -0.1) is 0 Å². The molecule has 0 N–H and O–H groups in total. The Hall–Kier alpha value is -2.20. The Kier molecular flexibility index (Phi) is 6.74. The third-order valence-electron chi connectivity index (χ3n) is 5.28. The summed E-state index contributed by atoms with van der Waals surface area (Å²) in [7, 11) is 2.11. The third-order valence-corrected chi connectivity index (χ3v) is 5.28. The number of ether oxygens (including phenoxy) is 3. The molecule has 4 nitrogen and oxygen atoms in total. The van der Waals surface area contributed by atoms with Crippen LogP contribution in [0.15, 0.2) is 48.5 Å². The van der Waals surface area contributed by atoms with Gasteiger partial charge in [0.1, 0.15) is 11.5 Å². The molecule has 2 atom stereocenters. The van der Waals surface area contributed by atoms with E-state index < -0.39 is 0 Å². The first-order chi connectivity index (χ1) is 13.7. The van der Waals surface area contributed by atoms with Crippen LogP contribution in [0.2, 0.25) is 0 Å². The smallest absolute Gasteiger partial charge is 0.200 e. The first-order valence-corrected chi connectivity index (χ1v) is 10.6. The minimum Gasteiger partial charge on any atom is -0.493 e. The summed E-state index contributed by atoms with van der Waals surface area (Å²) < 4.78 is 18.6. The maximum atomic E-state index is 6.50. The lowest BCUT2D eigenvalue weighted by molar-refractivity contribution is -0.144. The van der Waals surface area contributed by atoms with E-state index in [0.29, 0.717) is 12.6 Å². The monoisotopic (exact) mass is 397 g/mol. The molecule has 2 aromatic carbocycles. The van der Waals surface area contributed by atoms with Crippen LogP contribution in [0.1, 0.15) is 59.1 Å². The molecule has 158 valence electrons. The number of hydrogen-bond donors (Lipinski definition) is 0. The molecular weight excluding hydrogens is 362 g/mol. The van der Waals surface area contributed by atoms with Crippen LogP contribution in [0.4, 0.5) is 5.69 Å². The maximum absolute atomic E-state index is 6.50.